The van der Waals surface area contributed by atoms with Crippen molar-refractivity contribution in [2.75, 3.05) is 13.1 Å². The van der Waals surface area contributed by atoms with E-state index in [4.69, 9.17) is 0 Å². The third kappa shape index (κ3) is 2.65. The molecular weight excluding hydrogens is 192 g/mol. The van der Waals surface area contributed by atoms with Crippen LogP contribution in [0.15, 0.2) is 0 Å². The van der Waals surface area contributed by atoms with Gasteiger partial charge in [0.2, 0.25) is 0 Å². The molecule has 0 spiro atoms. The Bertz CT molecular complexity index is 170. The van der Waals surface area contributed by atoms with E-state index in [1.54, 1.807) is 0 Å². The Kier molecular flexibility index (Phi) is 4.29. The molecular formula is C11H24N2S. The summed E-state index contributed by atoms with van der Waals surface area (Å²) < 4.78 is 0. The number of piperazine rings is 1. The Morgan fingerprint density at radius 3 is 1.79 bits per heavy atom. The lowest BCUT2D eigenvalue weighted by Crippen LogP contribution is -2.59. The molecule has 3 heteroatoms. The lowest BCUT2D eigenvalue weighted by atomic mass is 10.1. The van der Waals surface area contributed by atoms with E-state index in [0.717, 1.165) is 13.1 Å². The molecule has 0 amide bonds. The fraction of sp³-hybridized carbons (Fsp3) is 1.00. The van der Waals surface area contributed by atoms with Crippen molar-refractivity contribution in [1.82, 2.24) is 9.80 Å². The minimum atomic E-state index is 0.384. The molecule has 1 fully saturated rings. The molecule has 0 radical (unpaired) electrons. The number of thiol groups is 1. The highest BCUT2D eigenvalue weighted by Gasteiger charge is 2.31. The zero-order valence-electron chi connectivity index (χ0n) is 10.1. The summed E-state index contributed by atoms with van der Waals surface area (Å²) in [7, 11) is 0. The first kappa shape index (κ1) is 12.3. The van der Waals surface area contributed by atoms with Gasteiger partial charge in [0.05, 0.1) is 5.37 Å². The first-order chi connectivity index (χ1) is 6.43. The number of hydrogen-bond donors (Lipinski definition) is 1. The molecule has 14 heavy (non-hydrogen) atoms. The van der Waals surface area contributed by atoms with Gasteiger partial charge in [-0.3, -0.25) is 9.80 Å². The van der Waals surface area contributed by atoms with E-state index in [1.165, 1.54) is 0 Å². The zero-order chi connectivity index (χ0) is 10.9. The van der Waals surface area contributed by atoms with Crippen LogP contribution in [0.4, 0.5) is 0 Å². The topological polar surface area (TPSA) is 6.48 Å². The lowest BCUT2D eigenvalue weighted by Gasteiger charge is -2.47. The first-order valence-electron chi connectivity index (χ1n) is 5.63. The summed E-state index contributed by atoms with van der Waals surface area (Å²) in [6.07, 6.45) is 0. The highest BCUT2D eigenvalue weighted by molar-refractivity contribution is 7.80. The smallest absolute Gasteiger partial charge is 0.0500 e. The van der Waals surface area contributed by atoms with Crippen LogP contribution in [0.25, 0.3) is 0 Å². The fourth-order valence-electron chi connectivity index (χ4n) is 2.70. The molecule has 0 aromatic heterocycles. The van der Waals surface area contributed by atoms with Crippen LogP contribution in [0.2, 0.25) is 0 Å². The largest absolute Gasteiger partial charge is 0.293 e. The summed E-state index contributed by atoms with van der Waals surface area (Å²) in [5.41, 5.74) is 0. The summed E-state index contributed by atoms with van der Waals surface area (Å²) in [5.74, 6) is 0. The molecule has 1 heterocycles. The van der Waals surface area contributed by atoms with E-state index in [9.17, 15) is 0 Å². The van der Waals surface area contributed by atoms with E-state index in [1.807, 2.05) is 0 Å². The molecule has 84 valence electrons. The predicted octanol–water partition coefficient (Wildman–Crippen LogP) is 2.07. The molecule has 1 rings (SSSR count). The number of rotatable bonds is 2. The van der Waals surface area contributed by atoms with E-state index in [2.05, 4.69) is 57.0 Å². The third-order valence-corrected chi connectivity index (χ3v) is 3.47. The van der Waals surface area contributed by atoms with Gasteiger partial charge >= 0.3 is 0 Å². The second-order valence-electron chi connectivity index (χ2n) is 4.82. The van der Waals surface area contributed by atoms with Crippen LogP contribution in [0, 0.1) is 0 Å². The van der Waals surface area contributed by atoms with Gasteiger partial charge in [-0.2, -0.15) is 12.6 Å². The van der Waals surface area contributed by atoms with Crippen molar-refractivity contribution in [2.24, 2.45) is 0 Å². The van der Waals surface area contributed by atoms with Gasteiger partial charge in [-0.1, -0.05) is 0 Å². The van der Waals surface area contributed by atoms with Crippen LogP contribution < -0.4 is 0 Å². The molecule has 1 aliphatic heterocycles. The van der Waals surface area contributed by atoms with Gasteiger partial charge in [-0.25, -0.2) is 0 Å². The molecule has 0 N–H and O–H groups in total. The monoisotopic (exact) mass is 216 g/mol. The predicted molar refractivity (Wildman–Crippen MR) is 65.9 cm³/mol. The summed E-state index contributed by atoms with van der Waals surface area (Å²) in [4.78, 5) is 5.06. The molecule has 0 aromatic rings. The second-order valence-corrected chi connectivity index (χ2v) is 5.57. The quantitative estimate of drug-likeness (QED) is 0.706. The van der Waals surface area contributed by atoms with Crippen molar-refractivity contribution in [3.05, 3.63) is 0 Å². The van der Waals surface area contributed by atoms with Crippen molar-refractivity contribution in [1.29, 1.82) is 0 Å². The van der Waals surface area contributed by atoms with Crippen LogP contribution >= 0.6 is 12.6 Å². The Morgan fingerprint density at radius 1 is 1.07 bits per heavy atom. The molecule has 0 aliphatic carbocycles. The minimum absolute atomic E-state index is 0.384. The molecule has 1 aliphatic rings. The van der Waals surface area contributed by atoms with E-state index in [-0.39, 0.29) is 0 Å². The second kappa shape index (κ2) is 4.86. The Morgan fingerprint density at radius 2 is 1.50 bits per heavy atom. The van der Waals surface area contributed by atoms with Crippen LogP contribution in [0.5, 0.6) is 0 Å². The normalized spacial score (nSPS) is 33.6. The third-order valence-electron chi connectivity index (χ3n) is 3.14. The van der Waals surface area contributed by atoms with Gasteiger partial charge in [0, 0.05) is 31.2 Å². The van der Waals surface area contributed by atoms with E-state index in [0.29, 0.717) is 23.5 Å². The van der Waals surface area contributed by atoms with Gasteiger partial charge in [-0.05, 0) is 34.6 Å². The van der Waals surface area contributed by atoms with Gasteiger partial charge in [0.1, 0.15) is 0 Å². The van der Waals surface area contributed by atoms with Crippen molar-refractivity contribution in [2.45, 2.75) is 58.1 Å². The Hall–Kier alpha value is 0.270. The average Bonchev–Trinajstić information content (AvgIpc) is 2.01. The molecule has 0 aromatic carbocycles. The number of hydrogen-bond acceptors (Lipinski definition) is 3. The van der Waals surface area contributed by atoms with Gasteiger partial charge in [0.25, 0.3) is 0 Å². The maximum atomic E-state index is 4.51. The maximum Gasteiger partial charge on any atom is 0.0500 e. The highest BCUT2D eigenvalue weighted by Crippen LogP contribution is 2.20. The SMILES string of the molecule is CC(S)N1C[C@@H](C)N(C(C)C)[C@@H](C)C1. The highest BCUT2D eigenvalue weighted by atomic mass is 32.1. The van der Waals surface area contributed by atoms with Crippen LogP contribution in [-0.4, -0.2) is 46.4 Å². The fourth-order valence-corrected chi connectivity index (χ4v) is 2.89. The number of nitrogens with zero attached hydrogens (tertiary/aromatic N) is 2. The molecule has 1 saturated heterocycles. The minimum Gasteiger partial charge on any atom is -0.293 e. The van der Waals surface area contributed by atoms with Gasteiger partial charge in [-0.15, -0.1) is 0 Å². The lowest BCUT2D eigenvalue weighted by molar-refractivity contribution is 0.0144. The molecule has 0 bridgehead atoms. The van der Waals surface area contributed by atoms with Crippen LogP contribution in [0.3, 0.4) is 0 Å². The zero-order valence-corrected chi connectivity index (χ0v) is 11.0. The molecule has 0 saturated carbocycles. The standard InChI is InChI=1S/C11H24N2S/c1-8(2)13-9(3)6-12(11(5)14)7-10(13)4/h8-11,14H,6-7H2,1-5H3/t9-,10+,11?. The maximum absolute atomic E-state index is 4.51. The first-order valence-corrected chi connectivity index (χ1v) is 6.14. The van der Waals surface area contributed by atoms with E-state index >= 15 is 0 Å². The Labute approximate surface area is 94.1 Å². The van der Waals surface area contributed by atoms with Crippen molar-refractivity contribution >= 4 is 12.6 Å². The summed E-state index contributed by atoms with van der Waals surface area (Å²) in [6, 6.07) is 1.94. The summed E-state index contributed by atoms with van der Waals surface area (Å²) in [5, 5.41) is 0.384. The van der Waals surface area contributed by atoms with Crippen molar-refractivity contribution in [3.63, 3.8) is 0 Å². The van der Waals surface area contributed by atoms with Crippen LogP contribution in [-0.2, 0) is 0 Å². The van der Waals surface area contributed by atoms with E-state index < -0.39 is 0 Å². The Balaban J connectivity index is 2.63. The summed E-state index contributed by atoms with van der Waals surface area (Å²) >= 11 is 4.51. The molecule has 3 atom stereocenters. The molecule has 2 nitrogen and oxygen atoms in total. The molecule has 1 unspecified atom stereocenters. The van der Waals surface area contributed by atoms with Crippen molar-refractivity contribution in [3.8, 4) is 0 Å². The average molecular weight is 216 g/mol. The van der Waals surface area contributed by atoms with Gasteiger partial charge in [0.15, 0.2) is 0 Å². The summed E-state index contributed by atoms with van der Waals surface area (Å²) in [6.45, 7) is 13.7. The van der Waals surface area contributed by atoms with Gasteiger partial charge < -0.3 is 0 Å². The van der Waals surface area contributed by atoms with Crippen molar-refractivity contribution < 1.29 is 0 Å². The van der Waals surface area contributed by atoms with Crippen LogP contribution in [0.1, 0.15) is 34.6 Å².